The maximum Gasteiger partial charge on any atom is 0.256 e. The van der Waals surface area contributed by atoms with Gasteiger partial charge in [0.2, 0.25) is 0 Å². The third-order valence-electron chi connectivity index (χ3n) is 3.81. The van der Waals surface area contributed by atoms with Gasteiger partial charge >= 0.3 is 0 Å². The lowest BCUT2D eigenvalue weighted by Gasteiger charge is -2.23. The summed E-state index contributed by atoms with van der Waals surface area (Å²) in [4.78, 5) is 14.2. The molecule has 1 atom stereocenters. The number of fused-ring (bicyclic) bond motifs is 1. The first-order chi connectivity index (χ1) is 8.08. The standard InChI is InChI=1S/C13H13BClNO/c1-7(8-2-3-8)16-6-9-4-10(14)5-11(15)12(9)13(16)17/h4-5,7-8H,2-3,6H2,1H3/t7-/m0/s1. The largest absolute Gasteiger partial charge is 0.331 e. The molecule has 1 aromatic rings. The van der Waals surface area contributed by atoms with E-state index in [-0.39, 0.29) is 5.91 Å². The van der Waals surface area contributed by atoms with Gasteiger partial charge in [0.05, 0.1) is 10.6 Å². The predicted molar refractivity (Wildman–Crippen MR) is 68.9 cm³/mol. The molecule has 4 heteroatoms. The van der Waals surface area contributed by atoms with Crippen molar-refractivity contribution in [3.05, 3.63) is 28.3 Å². The quantitative estimate of drug-likeness (QED) is 0.729. The van der Waals surface area contributed by atoms with E-state index in [0.29, 0.717) is 34.6 Å². The smallest absolute Gasteiger partial charge is 0.256 e. The number of hydrogen-bond donors (Lipinski definition) is 0. The van der Waals surface area contributed by atoms with Gasteiger partial charge in [0.1, 0.15) is 7.85 Å². The zero-order chi connectivity index (χ0) is 12.2. The summed E-state index contributed by atoms with van der Waals surface area (Å²) >= 11 is 6.11. The van der Waals surface area contributed by atoms with Crippen LogP contribution in [0.15, 0.2) is 12.1 Å². The fourth-order valence-corrected chi connectivity index (χ4v) is 2.94. The van der Waals surface area contributed by atoms with Crippen molar-refractivity contribution in [3.63, 3.8) is 0 Å². The fourth-order valence-electron chi connectivity index (χ4n) is 2.61. The van der Waals surface area contributed by atoms with Crippen molar-refractivity contribution < 1.29 is 4.79 Å². The maximum atomic E-state index is 12.3. The molecule has 1 heterocycles. The van der Waals surface area contributed by atoms with Crippen molar-refractivity contribution in [1.82, 2.24) is 4.90 Å². The second-order valence-electron chi connectivity index (χ2n) is 5.05. The zero-order valence-electron chi connectivity index (χ0n) is 9.74. The van der Waals surface area contributed by atoms with Crippen molar-refractivity contribution in [3.8, 4) is 0 Å². The van der Waals surface area contributed by atoms with Crippen LogP contribution in [0, 0.1) is 5.92 Å². The summed E-state index contributed by atoms with van der Waals surface area (Å²) in [6, 6.07) is 3.83. The molecule has 0 bridgehead atoms. The van der Waals surface area contributed by atoms with Gasteiger partial charge in [-0.2, -0.15) is 0 Å². The van der Waals surface area contributed by atoms with Gasteiger partial charge in [0.15, 0.2) is 0 Å². The van der Waals surface area contributed by atoms with Crippen LogP contribution in [0.1, 0.15) is 35.7 Å². The average molecular weight is 246 g/mol. The van der Waals surface area contributed by atoms with Crippen molar-refractivity contribution in [1.29, 1.82) is 0 Å². The topological polar surface area (TPSA) is 20.3 Å². The zero-order valence-corrected chi connectivity index (χ0v) is 10.5. The van der Waals surface area contributed by atoms with E-state index in [9.17, 15) is 4.79 Å². The first-order valence-electron chi connectivity index (χ1n) is 5.97. The highest BCUT2D eigenvalue weighted by Gasteiger charge is 2.39. The summed E-state index contributed by atoms with van der Waals surface area (Å²) in [6.45, 7) is 2.77. The Balaban J connectivity index is 1.96. The molecule has 3 rings (SSSR count). The summed E-state index contributed by atoms with van der Waals surface area (Å²) in [6.07, 6.45) is 2.47. The number of carbonyl (C=O) groups excluding carboxylic acids is 1. The molecule has 1 aliphatic carbocycles. The van der Waals surface area contributed by atoms with Crippen LogP contribution in [-0.4, -0.2) is 24.7 Å². The van der Waals surface area contributed by atoms with Crippen LogP contribution in [0.4, 0.5) is 0 Å². The van der Waals surface area contributed by atoms with Crippen LogP contribution < -0.4 is 5.46 Å². The van der Waals surface area contributed by atoms with Crippen LogP contribution >= 0.6 is 11.6 Å². The van der Waals surface area contributed by atoms with E-state index in [1.165, 1.54) is 12.8 Å². The molecule has 0 saturated heterocycles. The van der Waals surface area contributed by atoms with Gasteiger partial charge < -0.3 is 4.90 Å². The number of carbonyl (C=O) groups is 1. The number of halogens is 1. The van der Waals surface area contributed by atoms with Crippen LogP contribution in [0.3, 0.4) is 0 Å². The van der Waals surface area contributed by atoms with Gasteiger partial charge in [-0.3, -0.25) is 4.79 Å². The predicted octanol–water partition coefficient (Wildman–Crippen LogP) is 1.89. The van der Waals surface area contributed by atoms with Gasteiger partial charge in [-0.25, -0.2) is 0 Å². The highest BCUT2D eigenvalue weighted by molar-refractivity contribution is 6.38. The van der Waals surface area contributed by atoms with Crippen LogP contribution in [0.25, 0.3) is 0 Å². The van der Waals surface area contributed by atoms with Crippen molar-refractivity contribution in [2.45, 2.75) is 32.4 Å². The Hall–Kier alpha value is -0.955. The Morgan fingerprint density at radius 3 is 2.82 bits per heavy atom. The molecule has 2 radical (unpaired) electrons. The molecule has 17 heavy (non-hydrogen) atoms. The minimum Gasteiger partial charge on any atom is -0.331 e. The number of hydrogen-bond acceptors (Lipinski definition) is 1. The summed E-state index contributed by atoms with van der Waals surface area (Å²) < 4.78 is 0. The van der Waals surface area contributed by atoms with Gasteiger partial charge in [-0.15, -0.1) is 0 Å². The monoisotopic (exact) mass is 245 g/mol. The molecular formula is C13H13BClNO. The van der Waals surface area contributed by atoms with Crippen molar-refractivity contribution in [2.24, 2.45) is 5.92 Å². The van der Waals surface area contributed by atoms with E-state index < -0.39 is 0 Å². The van der Waals surface area contributed by atoms with Gasteiger partial charge in [0.25, 0.3) is 5.91 Å². The Kier molecular flexibility index (Phi) is 2.48. The molecule has 86 valence electrons. The van der Waals surface area contributed by atoms with Crippen molar-refractivity contribution in [2.75, 3.05) is 0 Å². The lowest BCUT2D eigenvalue weighted by atomic mass is 9.93. The van der Waals surface area contributed by atoms with Gasteiger partial charge in [-0.05, 0) is 37.3 Å². The Labute approximate surface area is 107 Å². The lowest BCUT2D eigenvalue weighted by molar-refractivity contribution is 0.0697. The minimum atomic E-state index is 0.0596. The summed E-state index contributed by atoms with van der Waals surface area (Å²) in [5.41, 5.74) is 2.24. The molecule has 0 N–H and O–H groups in total. The molecule has 0 spiro atoms. The molecule has 2 aliphatic rings. The summed E-state index contributed by atoms with van der Waals surface area (Å²) in [5.74, 6) is 0.730. The first-order valence-corrected chi connectivity index (χ1v) is 6.34. The van der Waals surface area contributed by atoms with E-state index in [1.807, 2.05) is 11.0 Å². The fraction of sp³-hybridized carbons (Fsp3) is 0.462. The summed E-state index contributed by atoms with van der Waals surface area (Å²) in [5, 5.41) is 0.482. The lowest BCUT2D eigenvalue weighted by Crippen LogP contribution is -2.34. The van der Waals surface area contributed by atoms with Gasteiger partial charge in [0, 0.05) is 12.6 Å². The van der Waals surface area contributed by atoms with Crippen molar-refractivity contribution >= 4 is 30.8 Å². The highest BCUT2D eigenvalue weighted by atomic mass is 35.5. The Morgan fingerprint density at radius 1 is 1.47 bits per heavy atom. The van der Waals surface area contributed by atoms with E-state index in [4.69, 9.17) is 19.4 Å². The van der Waals surface area contributed by atoms with E-state index >= 15 is 0 Å². The molecule has 1 saturated carbocycles. The summed E-state index contributed by atoms with van der Waals surface area (Å²) in [7, 11) is 5.76. The molecule has 1 aliphatic heterocycles. The highest BCUT2D eigenvalue weighted by Crippen LogP contribution is 2.39. The third kappa shape index (κ3) is 1.77. The van der Waals surface area contributed by atoms with Crippen LogP contribution in [-0.2, 0) is 6.54 Å². The molecule has 1 aromatic carbocycles. The van der Waals surface area contributed by atoms with Crippen LogP contribution in [0.2, 0.25) is 5.02 Å². The van der Waals surface area contributed by atoms with E-state index in [2.05, 4.69) is 6.92 Å². The third-order valence-corrected chi connectivity index (χ3v) is 4.10. The normalized spacial score (nSPS) is 20.6. The number of rotatable bonds is 2. The van der Waals surface area contributed by atoms with Gasteiger partial charge in [-0.1, -0.05) is 23.1 Å². The Morgan fingerprint density at radius 2 is 2.18 bits per heavy atom. The van der Waals surface area contributed by atoms with Crippen LogP contribution in [0.5, 0.6) is 0 Å². The SMILES string of the molecule is [B]c1cc(Cl)c2c(c1)CN([C@@H](C)C1CC1)C2=O. The van der Waals surface area contributed by atoms with E-state index in [1.54, 1.807) is 6.07 Å². The molecule has 0 unspecified atom stereocenters. The average Bonchev–Trinajstić information content (AvgIpc) is 3.03. The van der Waals surface area contributed by atoms with E-state index in [0.717, 1.165) is 5.56 Å². The maximum absolute atomic E-state index is 12.3. The molecule has 1 amide bonds. The second kappa shape index (κ2) is 3.77. The Bertz CT molecular complexity index is 498. The first kappa shape index (κ1) is 11.2. The number of nitrogens with zero attached hydrogens (tertiary/aromatic N) is 1. The number of amides is 1. The second-order valence-corrected chi connectivity index (χ2v) is 5.46. The molecule has 1 fully saturated rings. The molecular weight excluding hydrogens is 232 g/mol. The minimum absolute atomic E-state index is 0.0596. The molecule has 0 aromatic heterocycles. The number of benzene rings is 1. The molecule has 2 nitrogen and oxygen atoms in total.